The van der Waals surface area contributed by atoms with Crippen LogP contribution in [0, 0.1) is 0 Å². The number of aliphatic carboxylic acids is 1. The van der Waals surface area contributed by atoms with Gasteiger partial charge in [0, 0.05) is 17.5 Å². The lowest BCUT2D eigenvalue weighted by atomic mass is 9.88. The van der Waals surface area contributed by atoms with E-state index in [2.05, 4.69) is 47.4 Å². The summed E-state index contributed by atoms with van der Waals surface area (Å²) in [5.41, 5.74) is 6.12. The summed E-state index contributed by atoms with van der Waals surface area (Å²) in [6.07, 6.45) is 2.22. The Hall–Kier alpha value is -3.50. The Morgan fingerprint density at radius 3 is 2.18 bits per heavy atom. The molecule has 1 aromatic heterocycles. The number of carboxylic acids is 1. The minimum atomic E-state index is -0.811. The molecule has 0 radical (unpaired) electrons. The Kier molecular flexibility index (Phi) is 6.18. The van der Waals surface area contributed by atoms with Crippen molar-refractivity contribution in [1.82, 2.24) is 9.88 Å². The lowest BCUT2D eigenvalue weighted by Gasteiger charge is -2.33. The fraction of sp³-hybridized carbons (Fsp3) is 0.241. The van der Waals surface area contributed by atoms with E-state index in [-0.39, 0.29) is 6.42 Å². The second-order valence-corrected chi connectivity index (χ2v) is 8.83. The largest absolute Gasteiger partial charge is 0.481 e. The molecule has 0 aliphatic carbocycles. The quantitative estimate of drug-likeness (QED) is 0.408. The van der Waals surface area contributed by atoms with E-state index < -0.39 is 5.97 Å². The van der Waals surface area contributed by atoms with Gasteiger partial charge in [-0.05, 0) is 54.6 Å². The maximum absolute atomic E-state index is 11.9. The Morgan fingerprint density at radius 2 is 1.48 bits per heavy atom. The minimum Gasteiger partial charge on any atom is -0.481 e. The number of aromatic nitrogens is 1. The van der Waals surface area contributed by atoms with Crippen LogP contribution < -0.4 is 0 Å². The molecule has 1 aliphatic heterocycles. The summed E-state index contributed by atoms with van der Waals surface area (Å²) in [4.78, 5) is 19.4. The molecule has 1 N–H and O–H groups in total. The van der Waals surface area contributed by atoms with E-state index in [1.54, 1.807) is 0 Å². The summed E-state index contributed by atoms with van der Waals surface area (Å²) >= 11 is 0. The lowest BCUT2D eigenvalue weighted by molar-refractivity contribution is -0.136. The molecule has 0 unspecified atom stereocenters. The molecule has 4 aromatic rings. The van der Waals surface area contributed by atoms with E-state index in [0.29, 0.717) is 12.5 Å². The van der Waals surface area contributed by atoms with Gasteiger partial charge in [0.1, 0.15) is 0 Å². The zero-order valence-electron chi connectivity index (χ0n) is 18.7. The van der Waals surface area contributed by atoms with Crippen molar-refractivity contribution in [3.63, 3.8) is 0 Å². The highest BCUT2D eigenvalue weighted by Crippen LogP contribution is 2.34. The van der Waals surface area contributed by atoms with Gasteiger partial charge in [-0.1, -0.05) is 78.9 Å². The molecule has 3 aromatic carbocycles. The molecule has 0 spiro atoms. The monoisotopic (exact) mass is 436 g/mol. The highest BCUT2D eigenvalue weighted by Gasteiger charge is 2.24. The number of para-hydroxylation sites is 1. The Labute approximate surface area is 194 Å². The van der Waals surface area contributed by atoms with Gasteiger partial charge >= 0.3 is 5.97 Å². The first-order valence-electron chi connectivity index (χ1n) is 11.6. The molecule has 33 heavy (non-hydrogen) atoms. The van der Waals surface area contributed by atoms with Gasteiger partial charge in [0.25, 0.3) is 0 Å². The summed E-state index contributed by atoms with van der Waals surface area (Å²) in [6, 6.07) is 28.8. The highest BCUT2D eigenvalue weighted by atomic mass is 16.4. The Morgan fingerprint density at radius 1 is 0.848 bits per heavy atom. The number of hydrogen-bond donors (Lipinski definition) is 1. The number of piperidine rings is 1. The first kappa shape index (κ1) is 21.4. The van der Waals surface area contributed by atoms with Crippen molar-refractivity contribution in [2.24, 2.45) is 0 Å². The van der Waals surface area contributed by atoms with Gasteiger partial charge in [0.2, 0.25) is 0 Å². The number of rotatable bonds is 6. The molecule has 4 nitrogen and oxygen atoms in total. The van der Waals surface area contributed by atoms with Crippen LogP contribution in [0.5, 0.6) is 0 Å². The number of benzene rings is 3. The number of fused-ring (bicyclic) bond motifs is 1. The average molecular weight is 437 g/mol. The maximum atomic E-state index is 11.9. The van der Waals surface area contributed by atoms with Crippen LogP contribution in [0.4, 0.5) is 0 Å². The average Bonchev–Trinajstić information content (AvgIpc) is 2.86. The van der Waals surface area contributed by atoms with E-state index in [1.807, 2.05) is 42.5 Å². The predicted octanol–water partition coefficient (Wildman–Crippen LogP) is 5.91. The molecule has 0 bridgehead atoms. The van der Waals surface area contributed by atoms with Crippen molar-refractivity contribution in [3.8, 4) is 11.3 Å². The molecule has 1 saturated heterocycles. The number of likely N-dealkylation sites (tertiary alicyclic amines) is 1. The predicted molar refractivity (Wildman–Crippen MR) is 132 cm³/mol. The van der Waals surface area contributed by atoms with Crippen LogP contribution >= 0.6 is 0 Å². The van der Waals surface area contributed by atoms with Crippen molar-refractivity contribution in [1.29, 1.82) is 0 Å². The molecule has 0 amide bonds. The molecular weight excluding hydrogens is 408 g/mol. The van der Waals surface area contributed by atoms with Gasteiger partial charge < -0.3 is 5.11 Å². The van der Waals surface area contributed by atoms with Crippen LogP contribution in [0.1, 0.15) is 35.4 Å². The normalized spacial score (nSPS) is 15.0. The van der Waals surface area contributed by atoms with Gasteiger partial charge in [0.15, 0.2) is 0 Å². The van der Waals surface area contributed by atoms with Gasteiger partial charge in [-0.3, -0.25) is 9.69 Å². The molecule has 166 valence electrons. The zero-order valence-corrected chi connectivity index (χ0v) is 18.7. The number of hydrogen-bond acceptors (Lipinski definition) is 3. The molecule has 5 rings (SSSR count). The van der Waals surface area contributed by atoms with E-state index in [4.69, 9.17) is 4.98 Å². The van der Waals surface area contributed by atoms with Crippen molar-refractivity contribution in [2.75, 3.05) is 13.1 Å². The summed E-state index contributed by atoms with van der Waals surface area (Å²) < 4.78 is 0. The molecule has 4 heteroatoms. The fourth-order valence-electron chi connectivity index (χ4n) is 5.05. The lowest BCUT2D eigenvalue weighted by Crippen LogP contribution is -2.33. The molecule has 0 atom stereocenters. The second-order valence-electron chi connectivity index (χ2n) is 8.83. The first-order chi connectivity index (χ1) is 16.2. The summed E-state index contributed by atoms with van der Waals surface area (Å²) in [5.74, 6) is -0.223. The van der Waals surface area contributed by atoms with Crippen LogP contribution in [-0.2, 0) is 17.8 Å². The number of carbonyl (C=O) groups is 1. The summed E-state index contributed by atoms with van der Waals surface area (Å²) in [5, 5.41) is 10.7. The first-order valence-corrected chi connectivity index (χ1v) is 11.6. The minimum absolute atomic E-state index is 0.00131. The maximum Gasteiger partial charge on any atom is 0.307 e. The molecular formula is C29H28N2O2. The van der Waals surface area contributed by atoms with Gasteiger partial charge in [0.05, 0.1) is 17.6 Å². The van der Waals surface area contributed by atoms with Crippen LogP contribution in [0.25, 0.3) is 22.2 Å². The van der Waals surface area contributed by atoms with Crippen molar-refractivity contribution < 1.29 is 9.90 Å². The fourth-order valence-corrected chi connectivity index (χ4v) is 5.05. The number of nitrogens with zero attached hydrogens (tertiary/aromatic N) is 2. The van der Waals surface area contributed by atoms with E-state index in [9.17, 15) is 9.90 Å². The van der Waals surface area contributed by atoms with E-state index >= 15 is 0 Å². The Bertz CT molecular complexity index is 1250. The smallest absolute Gasteiger partial charge is 0.307 e. The third kappa shape index (κ3) is 4.67. The van der Waals surface area contributed by atoms with Crippen molar-refractivity contribution in [3.05, 3.63) is 102 Å². The van der Waals surface area contributed by atoms with Gasteiger partial charge in [-0.15, -0.1) is 0 Å². The topological polar surface area (TPSA) is 53.4 Å². The van der Waals surface area contributed by atoms with Gasteiger partial charge in [-0.2, -0.15) is 0 Å². The second kappa shape index (κ2) is 9.55. The third-order valence-electron chi connectivity index (χ3n) is 6.73. The van der Waals surface area contributed by atoms with Crippen LogP contribution in [-0.4, -0.2) is 34.0 Å². The highest BCUT2D eigenvalue weighted by molar-refractivity contribution is 5.90. The van der Waals surface area contributed by atoms with Crippen molar-refractivity contribution >= 4 is 16.9 Å². The Balaban J connectivity index is 1.51. The van der Waals surface area contributed by atoms with Crippen LogP contribution in [0.15, 0.2) is 84.9 Å². The van der Waals surface area contributed by atoms with Crippen LogP contribution in [0.3, 0.4) is 0 Å². The third-order valence-corrected chi connectivity index (χ3v) is 6.73. The molecule has 1 aliphatic rings. The molecule has 0 saturated carbocycles. The van der Waals surface area contributed by atoms with E-state index in [0.717, 1.165) is 59.2 Å². The standard InChI is InChI=1S/C29H28N2O2/c32-28(33)19-25-24-13-7-8-14-27(24)30-29(23-11-5-2-6-12-23)26(25)20-31-17-15-22(16-18-31)21-9-3-1-4-10-21/h1-14,22H,15-20H2,(H,32,33). The van der Waals surface area contributed by atoms with E-state index in [1.165, 1.54) is 5.56 Å². The van der Waals surface area contributed by atoms with Crippen molar-refractivity contribution in [2.45, 2.75) is 31.7 Å². The summed E-state index contributed by atoms with van der Waals surface area (Å²) in [7, 11) is 0. The van der Waals surface area contributed by atoms with Gasteiger partial charge in [-0.25, -0.2) is 4.98 Å². The zero-order chi connectivity index (χ0) is 22.6. The number of carboxylic acid groups (broad SMARTS) is 1. The number of pyridine rings is 1. The summed E-state index contributed by atoms with van der Waals surface area (Å²) in [6.45, 7) is 2.70. The van der Waals surface area contributed by atoms with Crippen LogP contribution in [0.2, 0.25) is 0 Å². The molecule has 2 heterocycles. The molecule has 1 fully saturated rings. The SMILES string of the molecule is O=C(O)Cc1c(CN2CCC(c3ccccc3)CC2)c(-c2ccccc2)nc2ccccc12.